The van der Waals surface area contributed by atoms with Crippen molar-refractivity contribution >= 4 is 11.9 Å². The van der Waals surface area contributed by atoms with Gasteiger partial charge in [-0.2, -0.15) is 0 Å². The number of carbonyl (C=O) groups is 2. The van der Waals surface area contributed by atoms with Crippen molar-refractivity contribution in [2.75, 3.05) is 13.2 Å². The van der Waals surface area contributed by atoms with Gasteiger partial charge >= 0.3 is 5.97 Å². The third kappa shape index (κ3) is 24.8. The monoisotopic (exact) mass is 193 g/mol. The van der Waals surface area contributed by atoms with Gasteiger partial charge in [0.25, 0.3) is 0 Å². The van der Waals surface area contributed by atoms with Crippen molar-refractivity contribution in [1.29, 1.82) is 0 Å². The van der Waals surface area contributed by atoms with Crippen LogP contribution in [0.1, 0.15) is 13.8 Å². The van der Waals surface area contributed by atoms with Crippen LogP contribution in [0.5, 0.6) is 0 Å². The lowest BCUT2D eigenvalue weighted by molar-refractivity contribution is -0.137. The van der Waals surface area contributed by atoms with E-state index in [0.29, 0.717) is 0 Å². The lowest BCUT2D eigenvalue weighted by Gasteiger charge is -1.92. The maximum atomic E-state index is 9.97. The summed E-state index contributed by atoms with van der Waals surface area (Å²) in [4.78, 5) is 19.7. The molecule has 0 aliphatic heterocycles. The molecule has 1 amide bonds. The lowest BCUT2D eigenvalue weighted by atomic mass is 10.5. The molecule has 6 heteroatoms. The Kier molecular flexibility index (Phi) is 9.91. The number of nitrogens with one attached hydrogen (secondary N) is 1. The zero-order valence-electron chi connectivity index (χ0n) is 7.65. The quantitative estimate of drug-likeness (QED) is 0.439. The standard InChI is InChI=1S/C4H7NO3.C3H8O2/c1-3(6)5-2-4(7)8;1-3(5)2-4/h2H2,1H3,(H,5,6)(H,7,8);3-5H,2H2,1H3. The Morgan fingerprint density at radius 1 is 1.46 bits per heavy atom. The van der Waals surface area contributed by atoms with Gasteiger partial charge in [-0.3, -0.25) is 9.59 Å². The molecule has 0 saturated heterocycles. The largest absolute Gasteiger partial charge is 0.480 e. The van der Waals surface area contributed by atoms with Gasteiger partial charge in [0.05, 0.1) is 12.7 Å². The number of carbonyl (C=O) groups excluding carboxylic acids is 1. The minimum Gasteiger partial charge on any atom is -0.480 e. The van der Waals surface area contributed by atoms with E-state index in [2.05, 4.69) is 5.32 Å². The Morgan fingerprint density at radius 2 is 1.85 bits per heavy atom. The van der Waals surface area contributed by atoms with Crippen molar-refractivity contribution in [3.8, 4) is 0 Å². The minimum absolute atomic E-state index is 0.139. The maximum absolute atomic E-state index is 9.97. The average Bonchev–Trinajstić information content (AvgIpc) is 2.02. The van der Waals surface area contributed by atoms with E-state index in [1.807, 2.05) is 0 Å². The minimum atomic E-state index is -1.03. The van der Waals surface area contributed by atoms with Crippen LogP contribution in [-0.2, 0) is 9.59 Å². The number of aliphatic hydroxyl groups is 2. The second kappa shape index (κ2) is 8.95. The van der Waals surface area contributed by atoms with E-state index in [1.54, 1.807) is 0 Å². The van der Waals surface area contributed by atoms with Crippen LogP contribution in [0.4, 0.5) is 0 Å². The Bertz CT molecular complexity index is 143. The molecule has 1 atom stereocenters. The Morgan fingerprint density at radius 3 is 1.92 bits per heavy atom. The molecule has 0 fully saturated rings. The van der Waals surface area contributed by atoms with Crippen molar-refractivity contribution in [2.45, 2.75) is 20.0 Å². The highest BCUT2D eigenvalue weighted by molar-refractivity contribution is 5.79. The van der Waals surface area contributed by atoms with Crippen molar-refractivity contribution in [2.24, 2.45) is 0 Å². The summed E-state index contributed by atoms with van der Waals surface area (Å²) < 4.78 is 0. The molecule has 0 saturated carbocycles. The van der Waals surface area contributed by atoms with Gasteiger partial charge < -0.3 is 20.6 Å². The van der Waals surface area contributed by atoms with Crippen LogP contribution in [-0.4, -0.2) is 46.5 Å². The molecule has 78 valence electrons. The zero-order valence-corrected chi connectivity index (χ0v) is 7.65. The molecule has 0 radical (unpaired) electrons. The first-order valence-corrected chi connectivity index (χ1v) is 3.65. The fourth-order valence-electron chi connectivity index (χ4n) is 0.200. The predicted molar refractivity (Wildman–Crippen MR) is 45.1 cm³/mol. The first-order valence-electron chi connectivity index (χ1n) is 3.65. The number of rotatable bonds is 3. The summed E-state index contributed by atoms with van der Waals surface area (Å²) in [6.45, 7) is 2.36. The summed E-state index contributed by atoms with van der Waals surface area (Å²) in [5, 5.41) is 26.1. The Balaban J connectivity index is 0. The summed E-state index contributed by atoms with van der Waals surface area (Å²) >= 11 is 0. The molecule has 0 aromatic heterocycles. The van der Waals surface area contributed by atoms with Gasteiger partial charge in [0.2, 0.25) is 5.91 Å². The number of amides is 1. The molecular formula is C7H15NO5. The van der Waals surface area contributed by atoms with Crippen molar-refractivity contribution < 1.29 is 24.9 Å². The first-order chi connectivity index (χ1) is 5.90. The SMILES string of the molecule is CC(=O)NCC(=O)O.CC(O)CO. The van der Waals surface area contributed by atoms with Crippen molar-refractivity contribution in [3.05, 3.63) is 0 Å². The number of carboxylic acid groups (broad SMARTS) is 1. The molecule has 0 aliphatic rings. The molecule has 4 N–H and O–H groups in total. The summed E-state index contributed by atoms with van der Waals surface area (Å²) in [6, 6.07) is 0. The molecule has 0 aliphatic carbocycles. The number of aliphatic carboxylic acids is 1. The normalized spacial score (nSPS) is 10.8. The molecule has 13 heavy (non-hydrogen) atoms. The molecule has 0 bridgehead atoms. The van der Waals surface area contributed by atoms with E-state index in [0.717, 1.165) is 0 Å². The van der Waals surface area contributed by atoms with Crippen LogP contribution in [0.3, 0.4) is 0 Å². The van der Waals surface area contributed by atoms with Crippen LogP contribution in [0.15, 0.2) is 0 Å². The van der Waals surface area contributed by atoms with E-state index < -0.39 is 12.1 Å². The Labute approximate surface area is 76.2 Å². The van der Waals surface area contributed by atoms with E-state index in [-0.39, 0.29) is 19.1 Å². The van der Waals surface area contributed by atoms with Crippen molar-refractivity contribution in [3.63, 3.8) is 0 Å². The fourth-order valence-corrected chi connectivity index (χ4v) is 0.200. The molecular weight excluding hydrogens is 178 g/mol. The van der Waals surface area contributed by atoms with Crippen LogP contribution < -0.4 is 5.32 Å². The lowest BCUT2D eigenvalue weighted by Crippen LogP contribution is -2.26. The van der Waals surface area contributed by atoms with Crippen molar-refractivity contribution in [1.82, 2.24) is 5.32 Å². The van der Waals surface area contributed by atoms with Gasteiger partial charge in [-0.15, -0.1) is 0 Å². The van der Waals surface area contributed by atoms with Gasteiger partial charge in [0.1, 0.15) is 6.54 Å². The fraction of sp³-hybridized carbons (Fsp3) is 0.714. The number of carboxylic acids is 1. The highest BCUT2D eigenvalue weighted by Gasteiger charge is 1.94. The molecule has 0 spiro atoms. The molecule has 0 rings (SSSR count). The summed E-state index contributed by atoms with van der Waals surface area (Å²) in [5.74, 6) is -1.35. The number of hydrogen-bond acceptors (Lipinski definition) is 4. The van der Waals surface area contributed by atoms with Crippen LogP contribution >= 0.6 is 0 Å². The maximum Gasteiger partial charge on any atom is 0.322 e. The predicted octanol–water partition coefficient (Wildman–Crippen LogP) is -1.43. The van der Waals surface area contributed by atoms with Crippen LogP contribution in [0, 0.1) is 0 Å². The third-order valence-corrected chi connectivity index (χ3v) is 0.753. The van der Waals surface area contributed by atoms with Gasteiger partial charge in [-0.25, -0.2) is 0 Å². The highest BCUT2D eigenvalue weighted by Crippen LogP contribution is 1.68. The van der Waals surface area contributed by atoms with E-state index in [1.165, 1.54) is 13.8 Å². The zero-order chi connectivity index (χ0) is 10.9. The second-order valence-electron chi connectivity index (χ2n) is 2.34. The van der Waals surface area contributed by atoms with E-state index >= 15 is 0 Å². The summed E-state index contributed by atoms with van der Waals surface area (Å²) in [5.41, 5.74) is 0. The summed E-state index contributed by atoms with van der Waals surface area (Å²) in [7, 11) is 0. The smallest absolute Gasteiger partial charge is 0.322 e. The van der Waals surface area contributed by atoms with Crippen LogP contribution in [0.25, 0.3) is 0 Å². The van der Waals surface area contributed by atoms with Gasteiger partial charge in [0.15, 0.2) is 0 Å². The molecule has 0 heterocycles. The summed E-state index contributed by atoms with van der Waals surface area (Å²) in [6.07, 6.45) is -0.560. The molecule has 0 aromatic carbocycles. The molecule has 0 aromatic rings. The number of hydrogen-bond donors (Lipinski definition) is 4. The first kappa shape index (κ1) is 14.4. The number of aliphatic hydroxyl groups excluding tert-OH is 2. The Hall–Kier alpha value is -1.14. The van der Waals surface area contributed by atoms with Gasteiger partial charge in [-0.05, 0) is 6.92 Å². The topological polar surface area (TPSA) is 107 Å². The molecule has 6 nitrogen and oxygen atoms in total. The molecule has 1 unspecified atom stereocenters. The van der Waals surface area contributed by atoms with E-state index in [9.17, 15) is 9.59 Å². The van der Waals surface area contributed by atoms with Gasteiger partial charge in [-0.1, -0.05) is 0 Å². The highest BCUT2D eigenvalue weighted by atomic mass is 16.4. The van der Waals surface area contributed by atoms with Crippen LogP contribution in [0.2, 0.25) is 0 Å². The second-order valence-corrected chi connectivity index (χ2v) is 2.34. The van der Waals surface area contributed by atoms with Gasteiger partial charge in [0, 0.05) is 6.92 Å². The third-order valence-electron chi connectivity index (χ3n) is 0.753. The van der Waals surface area contributed by atoms with E-state index in [4.69, 9.17) is 15.3 Å². The average molecular weight is 193 g/mol.